The Morgan fingerprint density at radius 2 is 1.83 bits per heavy atom. The quantitative estimate of drug-likeness (QED) is 0.768. The van der Waals surface area contributed by atoms with Gasteiger partial charge in [-0.05, 0) is 23.8 Å². The maximum Gasteiger partial charge on any atom is 0.251 e. The number of anilines is 1. The van der Waals surface area contributed by atoms with E-state index in [-0.39, 0.29) is 11.8 Å². The number of hydrogen-bond donors (Lipinski definition) is 2. The van der Waals surface area contributed by atoms with E-state index in [4.69, 9.17) is 0 Å². The van der Waals surface area contributed by atoms with E-state index in [0.29, 0.717) is 5.56 Å². The normalized spacial score (nSPS) is 10.5. The zero-order chi connectivity index (χ0) is 16.4. The van der Waals surface area contributed by atoms with Gasteiger partial charge in [0.25, 0.3) is 5.91 Å². The van der Waals surface area contributed by atoms with E-state index >= 15 is 0 Å². The molecule has 2 amide bonds. The fourth-order valence-corrected chi connectivity index (χ4v) is 3.71. The molecule has 0 bridgehead atoms. The van der Waals surface area contributed by atoms with Gasteiger partial charge in [-0.1, -0.05) is 30.3 Å². The number of fused-ring (bicyclic) bond motifs is 1. The van der Waals surface area contributed by atoms with Gasteiger partial charge in [0.05, 0.1) is 0 Å². The Morgan fingerprint density at radius 3 is 2.57 bits per heavy atom. The van der Waals surface area contributed by atoms with E-state index in [0.717, 1.165) is 26.2 Å². The summed E-state index contributed by atoms with van der Waals surface area (Å²) in [7, 11) is 1.61. The molecule has 0 aliphatic carbocycles. The van der Waals surface area contributed by atoms with Crippen molar-refractivity contribution in [3.63, 3.8) is 0 Å². The van der Waals surface area contributed by atoms with Crippen LogP contribution in [0.2, 0.25) is 0 Å². The van der Waals surface area contributed by atoms with Gasteiger partial charge >= 0.3 is 0 Å². The highest BCUT2D eigenvalue weighted by Crippen LogP contribution is 2.42. The Balaban J connectivity index is 2.22. The van der Waals surface area contributed by atoms with Crippen molar-refractivity contribution in [1.29, 1.82) is 0 Å². The molecule has 2 aromatic carbocycles. The minimum absolute atomic E-state index is 0.111. The molecule has 3 aromatic rings. The highest BCUT2D eigenvalue weighted by molar-refractivity contribution is 7.23. The highest BCUT2D eigenvalue weighted by atomic mass is 32.1. The third-order valence-electron chi connectivity index (χ3n) is 3.53. The first kappa shape index (κ1) is 15.2. The number of hydrogen-bond acceptors (Lipinski definition) is 3. The van der Waals surface area contributed by atoms with Crippen molar-refractivity contribution in [2.45, 2.75) is 6.92 Å². The minimum atomic E-state index is -0.132. The molecule has 0 spiro atoms. The van der Waals surface area contributed by atoms with Crippen LogP contribution < -0.4 is 10.6 Å². The molecule has 1 aromatic heterocycles. The second-order valence-electron chi connectivity index (χ2n) is 5.14. The van der Waals surface area contributed by atoms with Gasteiger partial charge in [-0.2, -0.15) is 0 Å². The molecule has 1 heterocycles. The number of carbonyl (C=O) groups excluding carboxylic acids is 2. The third-order valence-corrected chi connectivity index (χ3v) is 4.61. The fourth-order valence-electron chi connectivity index (χ4n) is 2.54. The molecule has 2 N–H and O–H groups in total. The monoisotopic (exact) mass is 324 g/mol. The lowest BCUT2D eigenvalue weighted by molar-refractivity contribution is -0.114. The first-order valence-electron chi connectivity index (χ1n) is 7.22. The fraction of sp³-hybridized carbons (Fsp3) is 0.111. The summed E-state index contributed by atoms with van der Waals surface area (Å²) in [5.74, 6) is -0.243. The van der Waals surface area contributed by atoms with Crippen molar-refractivity contribution >= 4 is 38.2 Å². The van der Waals surface area contributed by atoms with Crippen molar-refractivity contribution in [1.82, 2.24) is 5.32 Å². The van der Waals surface area contributed by atoms with E-state index in [1.807, 2.05) is 42.5 Å². The Morgan fingerprint density at radius 1 is 1.04 bits per heavy atom. The number of rotatable bonds is 3. The van der Waals surface area contributed by atoms with Crippen molar-refractivity contribution in [2.24, 2.45) is 0 Å². The topological polar surface area (TPSA) is 58.2 Å². The smallest absolute Gasteiger partial charge is 0.251 e. The van der Waals surface area contributed by atoms with Gasteiger partial charge in [0.1, 0.15) is 5.00 Å². The minimum Gasteiger partial charge on any atom is -0.355 e. The second-order valence-corrected chi connectivity index (χ2v) is 6.20. The Labute approximate surface area is 138 Å². The van der Waals surface area contributed by atoms with E-state index in [9.17, 15) is 9.59 Å². The molecule has 0 aliphatic rings. The Bertz CT molecular complexity index is 899. The summed E-state index contributed by atoms with van der Waals surface area (Å²) in [4.78, 5) is 23.4. The summed E-state index contributed by atoms with van der Waals surface area (Å²) in [6.07, 6.45) is 0. The van der Waals surface area contributed by atoms with E-state index in [1.54, 1.807) is 13.1 Å². The van der Waals surface area contributed by atoms with Gasteiger partial charge in [0, 0.05) is 35.2 Å². The van der Waals surface area contributed by atoms with Gasteiger partial charge in [-0.3, -0.25) is 9.59 Å². The standard InChI is InChI=1S/C18H16N2O2S/c1-11(21)20-18-16(14-8-3-4-9-15(14)23-18)12-6-5-7-13(10-12)17(22)19-2/h3-10H,1-2H3,(H,19,22)(H,20,21). The molecule has 0 saturated heterocycles. The molecule has 0 saturated carbocycles. The number of amides is 2. The zero-order valence-electron chi connectivity index (χ0n) is 12.8. The predicted octanol–water partition coefficient (Wildman–Crippen LogP) is 3.89. The molecule has 0 atom stereocenters. The summed E-state index contributed by atoms with van der Waals surface area (Å²) in [5.41, 5.74) is 2.45. The molecule has 116 valence electrons. The van der Waals surface area contributed by atoms with Crippen LogP contribution in [0.5, 0.6) is 0 Å². The van der Waals surface area contributed by atoms with Crippen LogP contribution in [0.25, 0.3) is 21.2 Å². The average molecular weight is 324 g/mol. The van der Waals surface area contributed by atoms with Crippen LogP contribution in [0, 0.1) is 0 Å². The van der Waals surface area contributed by atoms with Gasteiger partial charge in [0.2, 0.25) is 5.91 Å². The SMILES string of the molecule is CNC(=O)c1cccc(-c2c(NC(C)=O)sc3ccccc23)c1. The molecular weight excluding hydrogens is 308 g/mol. The van der Waals surface area contributed by atoms with Gasteiger partial charge in [-0.25, -0.2) is 0 Å². The van der Waals surface area contributed by atoms with E-state index < -0.39 is 0 Å². The van der Waals surface area contributed by atoms with Crippen molar-refractivity contribution < 1.29 is 9.59 Å². The first-order chi connectivity index (χ1) is 11.1. The van der Waals surface area contributed by atoms with Crippen molar-refractivity contribution in [2.75, 3.05) is 12.4 Å². The van der Waals surface area contributed by atoms with E-state index in [2.05, 4.69) is 10.6 Å². The Kier molecular flexibility index (Phi) is 4.12. The van der Waals surface area contributed by atoms with Gasteiger partial charge < -0.3 is 10.6 Å². The summed E-state index contributed by atoms with van der Waals surface area (Å²) >= 11 is 1.53. The number of benzene rings is 2. The maximum atomic E-state index is 11.9. The van der Waals surface area contributed by atoms with Crippen molar-refractivity contribution in [3.8, 4) is 11.1 Å². The molecule has 4 nitrogen and oxygen atoms in total. The lowest BCUT2D eigenvalue weighted by atomic mass is 10.0. The molecule has 0 radical (unpaired) electrons. The van der Waals surface area contributed by atoms with Crippen LogP contribution in [-0.2, 0) is 4.79 Å². The average Bonchev–Trinajstić information content (AvgIpc) is 2.91. The molecule has 3 rings (SSSR count). The Hall–Kier alpha value is -2.66. The number of nitrogens with one attached hydrogen (secondary N) is 2. The molecule has 0 aliphatic heterocycles. The molecule has 23 heavy (non-hydrogen) atoms. The molecule has 0 unspecified atom stereocenters. The largest absolute Gasteiger partial charge is 0.355 e. The molecule has 5 heteroatoms. The second kappa shape index (κ2) is 6.22. The summed E-state index contributed by atoms with van der Waals surface area (Å²) in [6, 6.07) is 15.4. The van der Waals surface area contributed by atoms with Crippen LogP contribution in [0.4, 0.5) is 5.00 Å². The summed E-state index contributed by atoms with van der Waals surface area (Å²) < 4.78 is 1.09. The maximum absolute atomic E-state index is 11.9. The zero-order valence-corrected chi connectivity index (χ0v) is 13.7. The predicted molar refractivity (Wildman–Crippen MR) is 95.0 cm³/mol. The van der Waals surface area contributed by atoms with Gasteiger partial charge in [0.15, 0.2) is 0 Å². The van der Waals surface area contributed by atoms with Gasteiger partial charge in [-0.15, -0.1) is 11.3 Å². The number of thiophene rings is 1. The van der Waals surface area contributed by atoms with Crippen LogP contribution in [0.1, 0.15) is 17.3 Å². The molecule has 0 fully saturated rings. The highest BCUT2D eigenvalue weighted by Gasteiger charge is 2.16. The first-order valence-corrected chi connectivity index (χ1v) is 8.03. The van der Waals surface area contributed by atoms with Crippen LogP contribution in [0.3, 0.4) is 0 Å². The number of carbonyl (C=O) groups is 2. The summed E-state index contributed by atoms with van der Waals surface area (Å²) in [5, 5.41) is 7.40. The van der Waals surface area contributed by atoms with Crippen molar-refractivity contribution in [3.05, 3.63) is 54.1 Å². The molecular formula is C18H16N2O2S. The lowest BCUT2D eigenvalue weighted by Gasteiger charge is -2.07. The summed E-state index contributed by atoms with van der Waals surface area (Å²) in [6.45, 7) is 1.50. The van der Waals surface area contributed by atoms with Crippen LogP contribution in [-0.4, -0.2) is 18.9 Å². The van der Waals surface area contributed by atoms with Crippen LogP contribution in [0.15, 0.2) is 48.5 Å². The van der Waals surface area contributed by atoms with E-state index in [1.165, 1.54) is 18.3 Å². The third kappa shape index (κ3) is 2.96. The lowest BCUT2D eigenvalue weighted by Crippen LogP contribution is -2.17. The van der Waals surface area contributed by atoms with Crippen LogP contribution >= 0.6 is 11.3 Å².